The molecule has 1 N–H and O–H groups in total. The van der Waals surface area contributed by atoms with Gasteiger partial charge in [-0.05, 0) is 49.6 Å². The first-order valence-corrected chi connectivity index (χ1v) is 15.1. The molecule has 2 fully saturated rings. The van der Waals surface area contributed by atoms with E-state index in [-0.39, 0.29) is 30.2 Å². The first-order chi connectivity index (χ1) is 17.9. The number of nitrogens with one attached hydrogen (secondary N) is 1. The summed E-state index contributed by atoms with van der Waals surface area (Å²) in [7, 11) is -3.04. The lowest BCUT2D eigenvalue weighted by Crippen LogP contribution is -2.57. The number of piperidine rings is 1. The Hall–Kier alpha value is -3.15. The van der Waals surface area contributed by atoms with Crippen molar-refractivity contribution in [1.82, 2.24) is 24.9 Å². The highest BCUT2D eigenvalue weighted by molar-refractivity contribution is 7.90. The Labute approximate surface area is 223 Å². The first-order valence-electron chi connectivity index (χ1n) is 13.0. The second-order valence-electron chi connectivity index (χ2n) is 11.2. The molecule has 204 valence electrons. The number of nitrogens with zero attached hydrogens (tertiary/aromatic N) is 7. The standard InChI is InChI=1S/C26H35FN8O2S/c1-16(2)20-10-29-23(35-12-18(17(35)3)13-38(5,36)37)21-11-28-22(9-19(20)21)32-24-30-15-31-25(33-24)34-8-6-7-26(4,27)14-34/h9-11,15-18H,6-8,12-14H2,1-5H3,(H,28,30,31,32,33)/t17-,18-,26-/m1/s1. The molecular weight excluding hydrogens is 507 g/mol. The van der Waals surface area contributed by atoms with E-state index in [1.165, 1.54) is 12.6 Å². The van der Waals surface area contributed by atoms with Gasteiger partial charge in [0.1, 0.15) is 33.5 Å². The Kier molecular flexibility index (Phi) is 6.87. The second-order valence-corrected chi connectivity index (χ2v) is 13.4. The lowest BCUT2D eigenvalue weighted by Gasteiger charge is -2.47. The van der Waals surface area contributed by atoms with Gasteiger partial charge in [-0.3, -0.25) is 0 Å². The third-order valence-electron chi connectivity index (χ3n) is 7.53. The summed E-state index contributed by atoms with van der Waals surface area (Å²) < 4.78 is 38.2. The Bertz CT molecular complexity index is 1450. The van der Waals surface area contributed by atoms with E-state index in [2.05, 4.69) is 44.0 Å². The van der Waals surface area contributed by atoms with Crippen molar-refractivity contribution in [2.24, 2.45) is 5.92 Å². The minimum absolute atomic E-state index is 0.0627. The number of pyridine rings is 2. The quantitative estimate of drug-likeness (QED) is 0.471. The molecule has 3 aromatic rings. The number of anilines is 4. The summed E-state index contributed by atoms with van der Waals surface area (Å²) in [6.07, 6.45) is 7.68. The molecule has 0 aliphatic carbocycles. The molecular formula is C26H35FN8O2S. The minimum Gasteiger partial charge on any atom is -0.353 e. The normalized spacial score (nSPS) is 24.1. The maximum absolute atomic E-state index is 14.6. The van der Waals surface area contributed by atoms with Gasteiger partial charge < -0.3 is 15.1 Å². The van der Waals surface area contributed by atoms with E-state index in [4.69, 9.17) is 4.98 Å². The van der Waals surface area contributed by atoms with Crippen molar-refractivity contribution in [2.45, 2.75) is 58.2 Å². The summed E-state index contributed by atoms with van der Waals surface area (Å²) in [6, 6.07) is 2.03. The predicted octanol–water partition coefficient (Wildman–Crippen LogP) is 3.88. The molecule has 0 radical (unpaired) electrons. The van der Waals surface area contributed by atoms with Crippen molar-refractivity contribution in [3.8, 4) is 0 Å². The van der Waals surface area contributed by atoms with Crippen molar-refractivity contribution in [3.63, 3.8) is 0 Å². The summed E-state index contributed by atoms with van der Waals surface area (Å²) in [5, 5.41) is 5.11. The maximum Gasteiger partial charge on any atom is 0.233 e. The van der Waals surface area contributed by atoms with Crippen molar-refractivity contribution in [1.29, 1.82) is 0 Å². The number of rotatable bonds is 7. The van der Waals surface area contributed by atoms with Crippen LogP contribution in [0.4, 0.5) is 27.9 Å². The van der Waals surface area contributed by atoms with Crippen molar-refractivity contribution >= 4 is 44.1 Å². The van der Waals surface area contributed by atoms with Gasteiger partial charge in [0.05, 0.1) is 12.3 Å². The minimum atomic E-state index is -3.04. The van der Waals surface area contributed by atoms with Crippen LogP contribution >= 0.6 is 0 Å². The molecule has 0 bridgehead atoms. The zero-order chi connectivity index (χ0) is 27.2. The first kappa shape index (κ1) is 26.5. The molecule has 2 saturated heterocycles. The fraction of sp³-hybridized carbons (Fsp3) is 0.577. The zero-order valence-electron chi connectivity index (χ0n) is 22.5. The molecule has 3 aromatic heterocycles. The van der Waals surface area contributed by atoms with Crippen LogP contribution in [-0.2, 0) is 9.84 Å². The molecule has 38 heavy (non-hydrogen) atoms. The topological polar surface area (TPSA) is 117 Å². The van der Waals surface area contributed by atoms with Crippen LogP contribution in [0.2, 0.25) is 0 Å². The van der Waals surface area contributed by atoms with Gasteiger partial charge in [0.25, 0.3) is 0 Å². The van der Waals surface area contributed by atoms with E-state index in [0.717, 1.165) is 28.6 Å². The molecule has 10 nitrogen and oxygen atoms in total. The van der Waals surface area contributed by atoms with Gasteiger partial charge in [-0.1, -0.05) is 13.8 Å². The molecule has 2 aliphatic heterocycles. The van der Waals surface area contributed by atoms with E-state index < -0.39 is 15.5 Å². The third kappa shape index (κ3) is 5.50. The Morgan fingerprint density at radius 2 is 1.97 bits per heavy atom. The van der Waals surface area contributed by atoms with Gasteiger partial charge in [-0.15, -0.1) is 0 Å². The summed E-state index contributed by atoms with van der Waals surface area (Å²) in [5.74, 6) is 2.66. The SMILES string of the molecule is CC(C)c1cnc(N2C[C@H](CS(C)(=O)=O)[C@H]2C)c2cnc(Nc3ncnc(N4CCC[C@@](C)(F)C4)n3)cc12. The van der Waals surface area contributed by atoms with Crippen LogP contribution in [0.3, 0.4) is 0 Å². The van der Waals surface area contributed by atoms with Crippen molar-refractivity contribution < 1.29 is 12.8 Å². The Morgan fingerprint density at radius 1 is 1.18 bits per heavy atom. The molecule has 0 aromatic carbocycles. The zero-order valence-corrected chi connectivity index (χ0v) is 23.3. The number of hydrogen-bond donors (Lipinski definition) is 1. The Morgan fingerprint density at radius 3 is 2.66 bits per heavy atom. The molecule has 5 heterocycles. The summed E-state index contributed by atoms with van der Waals surface area (Å²) in [4.78, 5) is 26.4. The van der Waals surface area contributed by atoms with Crippen LogP contribution in [0, 0.1) is 5.92 Å². The fourth-order valence-electron chi connectivity index (χ4n) is 5.43. The van der Waals surface area contributed by atoms with Crippen molar-refractivity contribution in [3.05, 3.63) is 30.4 Å². The summed E-state index contributed by atoms with van der Waals surface area (Å²) in [5.41, 5.74) is -0.183. The van der Waals surface area contributed by atoms with Gasteiger partial charge in [0.15, 0.2) is 0 Å². The molecule has 5 rings (SSSR count). The fourth-order valence-corrected chi connectivity index (χ4v) is 6.59. The molecule has 12 heteroatoms. The van der Waals surface area contributed by atoms with Crippen LogP contribution in [-0.4, -0.2) is 76.7 Å². The summed E-state index contributed by atoms with van der Waals surface area (Å²) >= 11 is 0. The number of sulfone groups is 1. The highest BCUT2D eigenvalue weighted by atomic mass is 32.2. The lowest BCUT2D eigenvalue weighted by molar-refractivity contribution is 0.159. The molecule has 2 aliphatic rings. The molecule has 0 spiro atoms. The average Bonchev–Trinajstić information content (AvgIpc) is 2.84. The van der Waals surface area contributed by atoms with E-state index in [0.29, 0.717) is 37.2 Å². The molecule has 0 unspecified atom stereocenters. The monoisotopic (exact) mass is 542 g/mol. The van der Waals surface area contributed by atoms with Gasteiger partial charge in [-0.2, -0.15) is 4.98 Å². The largest absolute Gasteiger partial charge is 0.353 e. The smallest absolute Gasteiger partial charge is 0.233 e. The van der Waals surface area contributed by atoms with Crippen LogP contribution in [0.25, 0.3) is 10.8 Å². The van der Waals surface area contributed by atoms with Crippen LogP contribution in [0.5, 0.6) is 0 Å². The second kappa shape index (κ2) is 9.87. The predicted molar refractivity (Wildman–Crippen MR) is 148 cm³/mol. The molecule has 0 saturated carbocycles. The van der Waals surface area contributed by atoms with E-state index in [1.807, 2.05) is 24.1 Å². The summed E-state index contributed by atoms with van der Waals surface area (Å²) in [6.45, 7) is 9.48. The Balaban J connectivity index is 1.42. The van der Waals surface area contributed by atoms with Gasteiger partial charge in [-0.25, -0.2) is 32.7 Å². The highest BCUT2D eigenvalue weighted by Gasteiger charge is 2.39. The number of halogens is 1. The van der Waals surface area contributed by atoms with Gasteiger partial charge in [0, 0.05) is 49.1 Å². The van der Waals surface area contributed by atoms with Crippen LogP contribution in [0.15, 0.2) is 24.8 Å². The van der Waals surface area contributed by atoms with E-state index in [9.17, 15) is 12.8 Å². The van der Waals surface area contributed by atoms with Crippen LogP contribution < -0.4 is 15.1 Å². The number of aromatic nitrogens is 5. The number of fused-ring (bicyclic) bond motifs is 1. The van der Waals surface area contributed by atoms with E-state index >= 15 is 0 Å². The van der Waals surface area contributed by atoms with Gasteiger partial charge in [0.2, 0.25) is 11.9 Å². The van der Waals surface area contributed by atoms with Crippen LogP contribution in [0.1, 0.15) is 52.0 Å². The maximum atomic E-state index is 14.6. The lowest BCUT2D eigenvalue weighted by atomic mass is 9.90. The van der Waals surface area contributed by atoms with Gasteiger partial charge >= 0.3 is 0 Å². The average molecular weight is 543 g/mol. The van der Waals surface area contributed by atoms with Crippen molar-refractivity contribution in [2.75, 3.05) is 46.8 Å². The number of hydrogen-bond acceptors (Lipinski definition) is 10. The molecule has 0 amide bonds. The third-order valence-corrected chi connectivity index (χ3v) is 8.56. The number of alkyl halides is 1. The van der Waals surface area contributed by atoms with E-state index in [1.54, 1.807) is 13.1 Å². The molecule has 3 atom stereocenters. The highest BCUT2D eigenvalue weighted by Crippen LogP contribution is 2.38.